The van der Waals surface area contributed by atoms with Crippen molar-refractivity contribution in [3.05, 3.63) is 78.0 Å². The summed E-state index contributed by atoms with van der Waals surface area (Å²) in [4.78, 5) is 30.6. The highest BCUT2D eigenvalue weighted by Crippen LogP contribution is 2.29. The molecule has 11 heteroatoms. The number of hydrogen-bond donors (Lipinski definition) is 1. The average Bonchev–Trinajstić information content (AvgIpc) is 3.21. The number of rotatable bonds is 6. The first-order valence-corrected chi connectivity index (χ1v) is 12.3. The van der Waals surface area contributed by atoms with Crippen LogP contribution in [0, 0.1) is 13.8 Å². The van der Waals surface area contributed by atoms with Gasteiger partial charge in [0.25, 0.3) is 5.56 Å². The van der Waals surface area contributed by atoms with E-state index in [2.05, 4.69) is 35.9 Å². The van der Waals surface area contributed by atoms with Gasteiger partial charge in [-0.15, -0.1) is 11.3 Å². The number of nitrogens with zero attached hydrogens (tertiary/aromatic N) is 5. The molecule has 0 aliphatic rings. The summed E-state index contributed by atoms with van der Waals surface area (Å²) in [6, 6.07) is 5.12. The highest BCUT2D eigenvalue weighted by atomic mass is 79.9. The minimum absolute atomic E-state index is 0.253. The Kier molecular flexibility index (Phi) is 6.86. The largest absolute Gasteiger partial charge is 0.486 e. The van der Waals surface area contributed by atoms with Gasteiger partial charge in [0.2, 0.25) is 0 Å². The quantitative estimate of drug-likeness (QED) is 0.353. The van der Waals surface area contributed by atoms with Crippen molar-refractivity contribution in [3.8, 4) is 22.8 Å². The van der Waals surface area contributed by atoms with Crippen LogP contribution in [0.5, 0.6) is 5.75 Å². The molecule has 0 aromatic carbocycles. The van der Waals surface area contributed by atoms with Gasteiger partial charge in [0.05, 0.1) is 32.8 Å². The highest BCUT2D eigenvalue weighted by molar-refractivity contribution is 9.10. The maximum absolute atomic E-state index is 13.3. The van der Waals surface area contributed by atoms with Crippen LogP contribution in [0.3, 0.4) is 0 Å². The lowest BCUT2D eigenvalue weighted by Gasteiger charge is -2.17. The maximum atomic E-state index is 13.3. The molecule has 8 nitrogen and oxygen atoms in total. The number of aliphatic hydroxyl groups is 1. The Morgan fingerprint density at radius 3 is 2.65 bits per heavy atom. The Morgan fingerprint density at radius 1 is 1.21 bits per heavy atom. The molecule has 1 N–H and O–H groups in total. The van der Waals surface area contributed by atoms with Crippen molar-refractivity contribution in [3.63, 3.8) is 0 Å². The lowest BCUT2D eigenvalue weighted by Crippen LogP contribution is -2.22. The van der Waals surface area contributed by atoms with Gasteiger partial charge in [-0.05, 0) is 55.8 Å². The summed E-state index contributed by atoms with van der Waals surface area (Å²) in [5.74, 6) is 0.677. The first-order valence-electron chi connectivity index (χ1n) is 10.2. The van der Waals surface area contributed by atoms with E-state index in [1.807, 2.05) is 12.3 Å². The molecule has 0 spiro atoms. The van der Waals surface area contributed by atoms with Crippen molar-refractivity contribution in [2.75, 3.05) is 0 Å². The SMILES string of the molecule is Cc1nc(COc2cc(C)n(-c3cc(-c4ccnc(C(C)(C)O)n4)ncc3Cl)c(=O)c2Br)cs1. The van der Waals surface area contributed by atoms with Crippen LogP contribution in [0.1, 0.15) is 36.1 Å². The Bertz CT molecular complexity index is 1430. The van der Waals surface area contributed by atoms with Crippen LogP contribution < -0.4 is 10.3 Å². The molecule has 176 valence electrons. The van der Waals surface area contributed by atoms with Crippen molar-refractivity contribution in [1.82, 2.24) is 24.5 Å². The molecule has 4 heterocycles. The zero-order chi connectivity index (χ0) is 24.6. The maximum Gasteiger partial charge on any atom is 0.273 e. The van der Waals surface area contributed by atoms with Crippen molar-refractivity contribution < 1.29 is 9.84 Å². The van der Waals surface area contributed by atoms with Gasteiger partial charge in [0.1, 0.15) is 22.4 Å². The van der Waals surface area contributed by atoms with Crippen LogP contribution in [0.15, 0.2) is 45.2 Å². The second-order valence-electron chi connectivity index (χ2n) is 8.10. The number of aryl methyl sites for hydroxylation is 2. The minimum Gasteiger partial charge on any atom is -0.486 e. The first kappa shape index (κ1) is 24.5. The zero-order valence-electron chi connectivity index (χ0n) is 18.8. The van der Waals surface area contributed by atoms with Gasteiger partial charge in [0, 0.05) is 29.5 Å². The Morgan fingerprint density at radius 2 is 1.97 bits per heavy atom. The van der Waals surface area contributed by atoms with E-state index in [0.29, 0.717) is 33.5 Å². The van der Waals surface area contributed by atoms with E-state index in [4.69, 9.17) is 16.3 Å². The van der Waals surface area contributed by atoms with Gasteiger partial charge in [-0.3, -0.25) is 14.3 Å². The third kappa shape index (κ3) is 5.05. The topological polar surface area (TPSA) is 103 Å². The molecule has 34 heavy (non-hydrogen) atoms. The summed E-state index contributed by atoms with van der Waals surface area (Å²) in [6.45, 7) is 7.18. The van der Waals surface area contributed by atoms with Crippen LogP contribution in [-0.4, -0.2) is 29.6 Å². The summed E-state index contributed by atoms with van der Waals surface area (Å²) < 4.78 is 7.61. The fourth-order valence-electron chi connectivity index (χ4n) is 3.25. The molecule has 0 amide bonds. The van der Waals surface area contributed by atoms with Gasteiger partial charge in [-0.1, -0.05) is 11.6 Å². The van der Waals surface area contributed by atoms with E-state index in [9.17, 15) is 9.90 Å². The molecule has 4 aromatic heterocycles. The molecule has 0 bridgehead atoms. The Labute approximate surface area is 213 Å². The molecule has 0 radical (unpaired) electrons. The number of thiazole rings is 1. The average molecular weight is 563 g/mol. The van der Waals surface area contributed by atoms with Crippen LogP contribution in [0.2, 0.25) is 5.02 Å². The molecular formula is C23H21BrClN5O3S. The zero-order valence-corrected chi connectivity index (χ0v) is 22.0. The summed E-state index contributed by atoms with van der Waals surface area (Å²) in [6.07, 6.45) is 3.02. The third-order valence-corrected chi connectivity index (χ3v) is 6.73. The smallest absolute Gasteiger partial charge is 0.273 e. The predicted octanol–water partition coefficient (Wildman–Crippen LogP) is 4.99. The molecule has 0 saturated carbocycles. The van der Waals surface area contributed by atoms with Crippen molar-refractivity contribution in [2.24, 2.45) is 0 Å². The number of halogens is 2. The Balaban J connectivity index is 1.73. The lowest BCUT2D eigenvalue weighted by atomic mass is 10.1. The van der Waals surface area contributed by atoms with Crippen LogP contribution in [0.4, 0.5) is 0 Å². The van der Waals surface area contributed by atoms with Crippen LogP contribution in [-0.2, 0) is 12.2 Å². The number of aromatic nitrogens is 5. The second-order valence-corrected chi connectivity index (χ2v) is 10.4. The number of pyridine rings is 2. The van der Waals surface area contributed by atoms with Gasteiger partial charge < -0.3 is 9.84 Å². The fourth-order valence-corrected chi connectivity index (χ4v) is 4.44. The molecule has 0 fully saturated rings. The van der Waals surface area contributed by atoms with Gasteiger partial charge >= 0.3 is 0 Å². The number of hydrogen-bond acceptors (Lipinski definition) is 8. The molecule has 0 saturated heterocycles. The standard InChI is InChI=1S/C23H21BrClN5O3S/c1-12-7-19(33-10-14-11-34-13(2)28-14)20(24)21(31)30(12)18-8-17(27-9-15(18)25)16-5-6-26-22(29-16)23(3,4)32/h5-9,11,32H,10H2,1-4H3. The molecule has 4 rings (SSSR count). The monoisotopic (exact) mass is 561 g/mol. The molecule has 0 aliphatic carbocycles. The summed E-state index contributed by atoms with van der Waals surface area (Å²) >= 11 is 11.4. The predicted molar refractivity (Wildman–Crippen MR) is 135 cm³/mol. The minimum atomic E-state index is -1.21. The van der Waals surface area contributed by atoms with Crippen molar-refractivity contribution in [2.45, 2.75) is 39.9 Å². The molecular weight excluding hydrogens is 542 g/mol. The molecule has 0 unspecified atom stereocenters. The first-order chi connectivity index (χ1) is 16.0. The van der Waals surface area contributed by atoms with E-state index in [1.54, 1.807) is 56.5 Å². The number of ether oxygens (including phenoxy) is 1. The summed E-state index contributed by atoms with van der Waals surface area (Å²) in [5.41, 5.74) is 1.30. The highest BCUT2D eigenvalue weighted by Gasteiger charge is 2.21. The third-order valence-electron chi connectivity index (χ3n) is 4.88. The van der Waals surface area contributed by atoms with Crippen LogP contribution in [0.25, 0.3) is 17.1 Å². The fraction of sp³-hybridized carbons (Fsp3) is 0.261. The second kappa shape index (κ2) is 9.53. The van der Waals surface area contributed by atoms with E-state index >= 15 is 0 Å². The van der Waals surface area contributed by atoms with Crippen molar-refractivity contribution >= 4 is 38.9 Å². The van der Waals surface area contributed by atoms with Crippen LogP contribution >= 0.6 is 38.9 Å². The summed E-state index contributed by atoms with van der Waals surface area (Å²) in [5, 5.41) is 13.4. The van der Waals surface area contributed by atoms with E-state index < -0.39 is 5.60 Å². The van der Waals surface area contributed by atoms with E-state index in [1.165, 1.54) is 10.8 Å². The van der Waals surface area contributed by atoms with Gasteiger partial charge in [-0.25, -0.2) is 15.0 Å². The molecule has 0 aliphatic heterocycles. The molecule has 4 aromatic rings. The van der Waals surface area contributed by atoms with E-state index in [-0.39, 0.29) is 22.5 Å². The summed E-state index contributed by atoms with van der Waals surface area (Å²) in [7, 11) is 0. The lowest BCUT2D eigenvalue weighted by molar-refractivity contribution is 0.0688. The van der Waals surface area contributed by atoms with E-state index in [0.717, 1.165) is 10.7 Å². The Hall–Kier alpha value is -2.66. The molecule has 0 atom stereocenters. The normalized spacial score (nSPS) is 11.6. The van der Waals surface area contributed by atoms with Gasteiger partial charge in [0.15, 0.2) is 5.82 Å². The van der Waals surface area contributed by atoms with Gasteiger partial charge in [-0.2, -0.15) is 0 Å². The van der Waals surface area contributed by atoms with Crippen molar-refractivity contribution in [1.29, 1.82) is 0 Å².